The van der Waals surface area contributed by atoms with Crippen LogP contribution in [0.15, 0.2) is 148 Å². The fraction of sp³-hybridized carbons (Fsp3) is 0.485. The van der Waals surface area contributed by atoms with Gasteiger partial charge < -0.3 is 68.1 Å². The Bertz CT molecular complexity index is 4360. The Kier molecular flexibility index (Phi) is 44.4. The molecular weight excluding hydrogens is 1980 g/mol. The highest BCUT2D eigenvalue weighted by Gasteiger charge is 2.49. The summed E-state index contributed by atoms with van der Waals surface area (Å²) in [6, 6.07) is 28.8. The Morgan fingerprint density at radius 2 is 0.909 bits per heavy atom. The molecule has 8 heterocycles. The van der Waals surface area contributed by atoms with E-state index in [0.29, 0.717) is 19.7 Å². The monoisotopic (exact) mass is 2070 g/mol. The van der Waals surface area contributed by atoms with Gasteiger partial charge in [-0.1, -0.05) is 97.1 Å². The van der Waals surface area contributed by atoms with Gasteiger partial charge in [-0.05, 0) is 130 Å². The van der Waals surface area contributed by atoms with E-state index in [2.05, 4.69) is 18.9 Å². The maximum atomic E-state index is 14.9. The van der Waals surface area contributed by atoms with Crippen molar-refractivity contribution in [2.75, 3.05) is 47.8 Å². The third-order valence-electron chi connectivity index (χ3n) is 15.9. The summed E-state index contributed by atoms with van der Waals surface area (Å²) < 4.78 is 109. The molecular formula is C68H88Cl2F4I4N9O22P. The normalized spacial score (nSPS) is 24.4. The molecule has 4 aromatic heterocycles. The smallest absolute Gasteiger partial charge is 0.330 e. The minimum absolute atomic E-state index is 0. The van der Waals surface area contributed by atoms with Gasteiger partial charge in [-0.2, -0.15) is 5.26 Å². The Hall–Kier alpha value is -5.36. The van der Waals surface area contributed by atoms with E-state index >= 15 is 0 Å². The van der Waals surface area contributed by atoms with Gasteiger partial charge in [0.25, 0.3) is 22.2 Å². The number of aromatic amines is 4. The van der Waals surface area contributed by atoms with Crippen molar-refractivity contribution in [1.82, 2.24) is 38.2 Å². The van der Waals surface area contributed by atoms with Crippen molar-refractivity contribution >= 4 is 118 Å². The number of nitriles is 1. The maximum Gasteiger partial charge on any atom is 0.330 e. The molecule has 0 spiro atoms. The lowest BCUT2D eigenvalue weighted by atomic mass is 9.84. The Morgan fingerprint density at radius 3 is 1.25 bits per heavy atom. The van der Waals surface area contributed by atoms with E-state index in [9.17, 15) is 71.2 Å². The molecule has 4 fully saturated rings. The van der Waals surface area contributed by atoms with Gasteiger partial charge in [-0.3, -0.25) is 57.4 Å². The number of nitrogens with one attached hydrogen (secondary N) is 4. The van der Waals surface area contributed by atoms with Crippen molar-refractivity contribution in [2.24, 2.45) is 0 Å². The first-order valence-corrected chi connectivity index (χ1v) is 40.0. The van der Waals surface area contributed by atoms with Crippen LogP contribution < -0.4 is 54.5 Å². The van der Waals surface area contributed by atoms with E-state index in [1.165, 1.54) is 12.4 Å². The van der Waals surface area contributed by atoms with E-state index < -0.39 is 170 Å². The number of halogens is 10. The number of aliphatic hydroxyl groups is 6. The number of alkyl halides is 5. The van der Waals surface area contributed by atoms with Crippen molar-refractivity contribution in [3.8, 4) is 17.6 Å². The van der Waals surface area contributed by atoms with Gasteiger partial charge in [0.15, 0.2) is 58.0 Å². The zero-order chi connectivity index (χ0) is 81.7. The highest BCUT2D eigenvalue weighted by atomic mass is 127. The number of hydrogen-bond acceptors (Lipinski definition) is 23. The number of nitrogens with zero attached hydrogens (tertiary/aromatic N) is 5. The molecule has 17 atom stereocenters. The van der Waals surface area contributed by atoms with Crippen molar-refractivity contribution in [2.45, 2.75) is 165 Å². The fourth-order valence-corrected chi connectivity index (χ4v) is 13.3. The predicted molar refractivity (Wildman–Crippen MR) is 436 cm³/mol. The SMILES string of the molecule is C.C.CC[C@H]1O[C@@H](n2cc(I)c(=O)[nH]c2=O)C(F)[C@H]1O.CC[C@H]1O[C@@H](n2cc(I)c(=O)[nH]c2=O)C(F)[C@H]1OP(C)OCCC#N.CO.COc1ccc(C(Cl)(c2ccccc2)c2ccc(OC)cc2)cc1.ClI.O=c1[nH]c(=O)n([C@@H]2O[C@H](CO)[C@H](O)C2F)cc1I.O=c1ccn([C@@H]2O[C@H](CO)[C@H](O)C2F)c(=O)[nH]1.[2H]CC. The lowest BCUT2D eigenvalue weighted by molar-refractivity contribution is -0.0492. The van der Waals surface area contributed by atoms with Gasteiger partial charge in [0.05, 0.1) is 69.4 Å². The van der Waals surface area contributed by atoms with Gasteiger partial charge in [0, 0.05) is 67.5 Å². The molecule has 0 saturated carbocycles. The van der Waals surface area contributed by atoms with Crippen molar-refractivity contribution in [3.63, 3.8) is 0 Å². The highest BCUT2D eigenvalue weighted by Crippen LogP contribution is 2.46. The molecule has 42 heteroatoms. The van der Waals surface area contributed by atoms with Crippen LogP contribution >= 0.6 is 118 Å². The second kappa shape index (κ2) is 49.4. The van der Waals surface area contributed by atoms with Crippen LogP contribution in [0.4, 0.5) is 17.6 Å². The summed E-state index contributed by atoms with van der Waals surface area (Å²) >= 11 is 14.0. The maximum absolute atomic E-state index is 14.9. The lowest BCUT2D eigenvalue weighted by Gasteiger charge is -2.29. The number of aliphatic hydroxyl groups excluding tert-OH is 6. The van der Waals surface area contributed by atoms with Crippen molar-refractivity contribution in [1.29, 1.82) is 5.26 Å². The summed E-state index contributed by atoms with van der Waals surface area (Å²) in [4.78, 5) is 98.6. The molecule has 5 unspecified atom stereocenters. The summed E-state index contributed by atoms with van der Waals surface area (Å²) in [5.74, 6) is 1.61. The molecule has 10 N–H and O–H groups in total. The van der Waals surface area contributed by atoms with Crippen LogP contribution in [-0.4, -0.2) is 190 Å². The minimum atomic E-state index is -1.86. The number of hydrogen-bond donors (Lipinski definition) is 10. The zero-order valence-electron chi connectivity index (χ0n) is 59.3. The second-order valence-corrected chi connectivity index (χ2v) is 27.8. The van der Waals surface area contributed by atoms with Crippen molar-refractivity contribution in [3.05, 3.63) is 220 Å². The molecule has 612 valence electrons. The van der Waals surface area contributed by atoms with Gasteiger partial charge in [-0.25, -0.2) is 36.7 Å². The summed E-state index contributed by atoms with van der Waals surface area (Å²) in [6.45, 7) is 6.63. The number of rotatable bonds is 18. The molecule has 110 heavy (non-hydrogen) atoms. The van der Waals surface area contributed by atoms with Gasteiger partial charge in [0.1, 0.15) is 53.0 Å². The molecule has 0 radical (unpaired) electrons. The first-order valence-electron chi connectivity index (χ1n) is 32.7. The number of ether oxygens (including phenoxy) is 6. The average Bonchev–Trinajstić information content (AvgIpc) is 1.74. The molecule has 31 nitrogen and oxygen atoms in total. The largest absolute Gasteiger partial charge is 0.497 e. The van der Waals surface area contributed by atoms with Crippen LogP contribution in [0.1, 0.15) is 105 Å². The van der Waals surface area contributed by atoms with Crippen LogP contribution in [0.25, 0.3) is 0 Å². The third-order valence-corrected chi connectivity index (χ3v) is 20.0. The van der Waals surface area contributed by atoms with E-state index in [0.717, 1.165) is 72.0 Å². The van der Waals surface area contributed by atoms with E-state index in [4.69, 9.17) is 71.0 Å². The molecule has 0 bridgehead atoms. The first kappa shape index (κ1) is 98.8. The molecule has 0 aliphatic carbocycles. The number of H-pyrrole nitrogens is 4. The molecule has 4 aliphatic rings. The molecule has 11 rings (SSSR count). The van der Waals surface area contributed by atoms with Crippen LogP contribution in [-0.2, 0) is 32.9 Å². The summed E-state index contributed by atoms with van der Waals surface area (Å²) in [6.07, 6.45) is -14.8. The Labute approximate surface area is 693 Å². The lowest BCUT2D eigenvalue weighted by Crippen LogP contribution is -2.37. The third kappa shape index (κ3) is 25.8. The minimum Gasteiger partial charge on any atom is -0.497 e. The van der Waals surface area contributed by atoms with Crippen molar-refractivity contribution < 1.29 is 87.0 Å². The van der Waals surface area contributed by atoms with Gasteiger partial charge >= 0.3 is 22.8 Å². The molecule has 3 aromatic carbocycles. The second-order valence-electron chi connectivity index (χ2n) is 22.4. The summed E-state index contributed by atoms with van der Waals surface area (Å²) in [7, 11) is 7.53. The number of aromatic nitrogens is 8. The van der Waals surface area contributed by atoms with E-state index in [1.807, 2.05) is 102 Å². The summed E-state index contributed by atoms with van der Waals surface area (Å²) in [5.41, 5.74) is -2.42. The number of benzene rings is 3. The average molecular weight is 2070 g/mol. The van der Waals surface area contributed by atoms with E-state index in [-0.39, 0.29) is 38.6 Å². The predicted octanol–water partition coefficient (Wildman–Crippen LogP) is 7.76. The highest BCUT2D eigenvalue weighted by molar-refractivity contribution is 14.1. The van der Waals surface area contributed by atoms with Crippen LogP contribution in [0, 0.1) is 22.0 Å². The fourth-order valence-electron chi connectivity index (χ4n) is 10.6. The number of methoxy groups -OCH3 is 2. The van der Waals surface area contributed by atoms with Gasteiger partial charge in [0.2, 0.25) is 0 Å². The standard InChI is InChI=1S/C21H19ClO2.C14H18FIN3O5P.C10H12FIN2O4.C9H10FIN2O5.C9H11FN2O5.C2H6.CH4O.2CH4.ClI/c1-23-19-12-8-17(9-13-19)21(22,16-6-4-3-5-7-16)18-10-14-20(24-2)15-11-18;1-3-9-11(24-25(2)22-6-4-5-17)10(15)13(23-9)19-7-8(16)12(20)18-14(19)21;1-2-5-7(15)6(11)9(18-5)14-3-4(12)8(16)13-10(14)17;10-5-6(15)4(2-14)18-8(5)13-1-3(11)7(16)12-9(13)17;10-6-7(15)4(3-13)17-8(6)12-2-1-5(14)11-9(12)16;2*1-2;;;1-2/h3-15H,1-2H3;7,9-11,13H,3-4,6H2,1-2H3,(H,18,20,21);3,5-7,9,15H,2H2,1H3,(H,13,16,17);1,4-6,8,14-15H,2H2,(H,12,16,17);1-2,4,6-8,13,15H,3H2,(H,11,14,16);1-2H3;2H,1H3;2*1H4;/t;9-,10?,11+,13-,25?;5-,6?,7+,9-;4-,5?,6+,8-;4-,6?,7+,8-;;;;;/m.1111...../s1/i;;;;;1D;;;;. The first-order chi connectivity index (χ1) is 51.9. The molecule has 4 saturated heterocycles. The summed E-state index contributed by atoms with van der Waals surface area (Å²) in [5, 5.41) is 61.7. The van der Waals surface area contributed by atoms with Crippen LogP contribution in [0.5, 0.6) is 11.5 Å². The Morgan fingerprint density at radius 1 is 0.573 bits per heavy atom. The zero-order valence-corrected chi connectivity index (χ0v) is 69.3. The van der Waals surface area contributed by atoms with E-state index in [1.54, 1.807) is 124 Å². The quantitative estimate of drug-likeness (QED) is 0.00979. The van der Waals surface area contributed by atoms with Gasteiger partial charge in [-0.15, -0.1) is 11.6 Å². The molecule has 4 aliphatic heterocycles. The molecule has 7 aromatic rings. The Balaban J connectivity index is 0.000000462. The van der Waals surface area contributed by atoms with Crippen LogP contribution in [0.3, 0.4) is 0 Å². The topological polar surface area (TPSA) is 438 Å². The molecule has 0 amide bonds. The van der Waals surface area contributed by atoms with Crippen LogP contribution in [0.2, 0.25) is 0 Å².